The molecule has 17 heavy (non-hydrogen) atoms. The van der Waals surface area contributed by atoms with Crippen molar-refractivity contribution in [1.82, 2.24) is 10.2 Å². The molecule has 0 radical (unpaired) electrons. The first-order chi connectivity index (χ1) is 8.06. The highest BCUT2D eigenvalue weighted by molar-refractivity contribution is 14.1. The summed E-state index contributed by atoms with van der Waals surface area (Å²) in [5.74, 6) is -0.115. The fraction of sp³-hybridized carbons (Fsp3) is 0. The van der Waals surface area contributed by atoms with Gasteiger partial charge >= 0.3 is 0 Å². The number of rotatable bonds is 1. The van der Waals surface area contributed by atoms with E-state index >= 15 is 0 Å². The van der Waals surface area contributed by atoms with Gasteiger partial charge in [-0.15, -0.1) is 0 Å². The molecule has 7 nitrogen and oxygen atoms in total. The molecule has 0 atom stereocenters. The molecule has 1 heterocycles. The molecule has 8 heteroatoms. The van der Waals surface area contributed by atoms with Crippen LogP contribution in [0.2, 0.25) is 0 Å². The first-order valence-corrected chi connectivity index (χ1v) is 5.71. The van der Waals surface area contributed by atoms with Crippen LogP contribution in [-0.4, -0.2) is 22.1 Å². The van der Waals surface area contributed by atoms with Crippen molar-refractivity contribution in [2.24, 2.45) is 27.2 Å². The van der Waals surface area contributed by atoms with Gasteiger partial charge in [-0.2, -0.15) is 10.1 Å². The SMILES string of the molecule is NC(N)=NC(N)=Nc1ccc2c(I)[nH]nc2c1. The van der Waals surface area contributed by atoms with Crippen LogP contribution >= 0.6 is 22.6 Å². The van der Waals surface area contributed by atoms with Gasteiger partial charge in [0.2, 0.25) is 5.96 Å². The molecule has 0 fully saturated rings. The number of guanidine groups is 2. The third-order valence-electron chi connectivity index (χ3n) is 1.98. The van der Waals surface area contributed by atoms with E-state index in [0.29, 0.717) is 5.69 Å². The van der Waals surface area contributed by atoms with Gasteiger partial charge in [0.15, 0.2) is 5.96 Å². The summed E-state index contributed by atoms with van der Waals surface area (Å²) in [6, 6.07) is 5.51. The lowest BCUT2D eigenvalue weighted by Gasteiger charge is -1.96. The second-order valence-electron chi connectivity index (χ2n) is 3.25. The molecule has 0 unspecified atom stereocenters. The van der Waals surface area contributed by atoms with E-state index < -0.39 is 0 Å². The number of nitrogens with zero attached hydrogens (tertiary/aromatic N) is 3. The maximum absolute atomic E-state index is 5.53. The summed E-state index contributed by atoms with van der Waals surface area (Å²) in [6.45, 7) is 0. The molecule has 2 rings (SSSR count). The summed E-state index contributed by atoms with van der Waals surface area (Å²) >= 11 is 2.17. The maximum atomic E-state index is 5.53. The number of hydrogen-bond acceptors (Lipinski definition) is 2. The van der Waals surface area contributed by atoms with Gasteiger partial charge in [0, 0.05) is 5.39 Å². The minimum atomic E-state index is -0.123. The van der Waals surface area contributed by atoms with Gasteiger partial charge < -0.3 is 17.2 Å². The fourth-order valence-corrected chi connectivity index (χ4v) is 1.90. The summed E-state index contributed by atoms with van der Waals surface area (Å²) in [7, 11) is 0. The number of aromatic amines is 1. The molecule has 1 aromatic carbocycles. The number of benzene rings is 1. The van der Waals surface area contributed by atoms with E-state index in [9.17, 15) is 0 Å². The average Bonchev–Trinajstić information content (AvgIpc) is 2.58. The predicted octanol–water partition coefficient (Wildman–Crippen LogP) is 0.387. The van der Waals surface area contributed by atoms with Crippen LogP contribution in [-0.2, 0) is 0 Å². The quantitative estimate of drug-likeness (QED) is 0.339. The van der Waals surface area contributed by atoms with Gasteiger partial charge in [-0.05, 0) is 40.8 Å². The summed E-state index contributed by atoms with van der Waals surface area (Å²) in [4.78, 5) is 7.68. The number of H-pyrrole nitrogens is 1. The lowest BCUT2D eigenvalue weighted by molar-refractivity contribution is 1.09. The number of nitrogens with two attached hydrogens (primary N) is 3. The molecule has 0 aliphatic carbocycles. The Bertz CT molecular complexity index is 609. The second-order valence-corrected chi connectivity index (χ2v) is 4.32. The van der Waals surface area contributed by atoms with E-state index in [0.717, 1.165) is 14.6 Å². The standard InChI is InChI=1S/C9H10IN7/c10-7-5-2-1-4(3-6(5)16-17-7)14-9(13)15-8(11)12/h1-3H,(H,16,17)(H6,11,12,13,14,15). The molecule has 88 valence electrons. The van der Waals surface area contributed by atoms with Gasteiger partial charge in [0.05, 0.1) is 11.2 Å². The van der Waals surface area contributed by atoms with Crippen molar-refractivity contribution in [2.75, 3.05) is 0 Å². The molecule has 0 bridgehead atoms. The molecule has 0 aliphatic rings. The Kier molecular flexibility index (Phi) is 3.13. The maximum Gasteiger partial charge on any atom is 0.223 e. The zero-order valence-electron chi connectivity index (χ0n) is 8.68. The van der Waals surface area contributed by atoms with Crippen molar-refractivity contribution in [3.8, 4) is 0 Å². The lowest BCUT2D eigenvalue weighted by Crippen LogP contribution is -2.26. The van der Waals surface area contributed by atoms with E-state index in [1.54, 1.807) is 6.07 Å². The number of halogens is 1. The van der Waals surface area contributed by atoms with Crippen molar-refractivity contribution in [2.45, 2.75) is 0 Å². The predicted molar refractivity (Wildman–Crippen MR) is 75.9 cm³/mol. The van der Waals surface area contributed by atoms with Crippen LogP contribution in [0.4, 0.5) is 5.69 Å². The van der Waals surface area contributed by atoms with Gasteiger partial charge in [-0.3, -0.25) is 5.10 Å². The second kappa shape index (κ2) is 4.57. The topological polar surface area (TPSA) is 131 Å². The van der Waals surface area contributed by atoms with Crippen LogP contribution in [0, 0.1) is 3.70 Å². The van der Waals surface area contributed by atoms with Crippen molar-refractivity contribution in [3.05, 3.63) is 21.9 Å². The molecular formula is C9H10IN7. The number of nitrogens with one attached hydrogen (secondary N) is 1. The average molecular weight is 343 g/mol. The van der Waals surface area contributed by atoms with E-state index in [4.69, 9.17) is 17.2 Å². The van der Waals surface area contributed by atoms with Crippen molar-refractivity contribution in [1.29, 1.82) is 0 Å². The molecule has 0 saturated heterocycles. The first kappa shape index (κ1) is 11.6. The molecule has 0 saturated carbocycles. The van der Waals surface area contributed by atoms with Crippen LogP contribution < -0.4 is 17.2 Å². The summed E-state index contributed by atoms with van der Waals surface area (Å²) in [5, 5.41) is 8.03. The highest BCUT2D eigenvalue weighted by Crippen LogP contribution is 2.22. The van der Waals surface area contributed by atoms with Gasteiger partial charge in [0.1, 0.15) is 3.70 Å². The number of aliphatic imine (C=N–C) groups is 2. The van der Waals surface area contributed by atoms with E-state index in [-0.39, 0.29) is 11.9 Å². The van der Waals surface area contributed by atoms with Crippen LogP contribution in [0.3, 0.4) is 0 Å². The molecular weight excluding hydrogens is 333 g/mol. The zero-order valence-corrected chi connectivity index (χ0v) is 10.8. The Morgan fingerprint density at radius 3 is 2.76 bits per heavy atom. The fourth-order valence-electron chi connectivity index (χ4n) is 1.33. The minimum absolute atomic E-state index is 0.00887. The number of aromatic nitrogens is 2. The smallest absolute Gasteiger partial charge is 0.223 e. The van der Waals surface area contributed by atoms with E-state index in [2.05, 4.69) is 42.8 Å². The third kappa shape index (κ3) is 2.64. The lowest BCUT2D eigenvalue weighted by atomic mass is 10.2. The van der Waals surface area contributed by atoms with Crippen molar-refractivity contribution in [3.63, 3.8) is 0 Å². The number of fused-ring (bicyclic) bond motifs is 1. The van der Waals surface area contributed by atoms with E-state index in [1.807, 2.05) is 12.1 Å². The zero-order chi connectivity index (χ0) is 12.4. The molecule has 0 aliphatic heterocycles. The normalized spacial score (nSPS) is 11.7. The summed E-state index contributed by atoms with van der Waals surface area (Å²) in [5.41, 5.74) is 17.4. The Labute approximate surface area is 110 Å². The van der Waals surface area contributed by atoms with Gasteiger partial charge in [-0.1, -0.05) is 0 Å². The molecule has 0 spiro atoms. The monoisotopic (exact) mass is 343 g/mol. The van der Waals surface area contributed by atoms with Crippen molar-refractivity contribution >= 4 is 51.1 Å². The highest BCUT2D eigenvalue weighted by Gasteiger charge is 2.03. The minimum Gasteiger partial charge on any atom is -0.370 e. The Morgan fingerprint density at radius 2 is 2.06 bits per heavy atom. The Hall–Kier alpha value is -1.84. The van der Waals surface area contributed by atoms with Crippen LogP contribution in [0.5, 0.6) is 0 Å². The Balaban J connectivity index is 2.40. The molecule has 2 aromatic rings. The van der Waals surface area contributed by atoms with Crippen LogP contribution in [0.15, 0.2) is 28.2 Å². The summed E-state index contributed by atoms with van der Waals surface area (Å²) in [6.07, 6.45) is 0. The van der Waals surface area contributed by atoms with Crippen molar-refractivity contribution < 1.29 is 0 Å². The molecule has 0 amide bonds. The summed E-state index contributed by atoms with van der Waals surface area (Å²) < 4.78 is 0.977. The van der Waals surface area contributed by atoms with Crippen LogP contribution in [0.1, 0.15) is 0 Å². The highest BCUT2D eigenvalue weighted by atomic mass is 127. The van der Waals surface area contributed by atoms with E-state index in [1.165, 1.54) is 0 Å². The molecule has 7 N–H and O–H groups in total. The Morgan fingerprint density at radius 1 is 1.29 bits per heavy atom. The number of hydrogen-bond donors (Lipinski definition) is 4. The third-order valence-corrected chi connectivity index (χ3v) is 2.80. The van der Waals surface area contributed by atoms with Gasteiger partial charge in [-0.25, -0.2) is 4.99 Å². The first-order valence-electron chi connectivity index (χ1n) is 4.63. The van der Waals surface area contributed by atoms with Gasteiger partial charge in [0.25, 0.3) is 0 Å². The van der Waals surface area contributed by atoms with Crippen LogP contribution in [0.25, 0.3) is 10.9 Å². The molecule has 1 aromatic heterocycles. The largest absolute Gasteiger partial charge is 0.370 e.